The molecule has 2 aliphatic rings. The molecule has 2 atom stereocenters. The molecule has 0 bridgehead atoms. The van der Waals surface area contributed by atoms with Crippen LogP contribution >= 0.6 is 11.3 Å². The van der Waals surface area contributed by atoms with E-state index >= 15 is 0 Å². The van der Waals surface area contributed by atoms with Gasteiger partial charge in [0, 0.05) is 6.61 Å². The smallest absolute Gasteiger partial charge is 0.359 e. The first-order valence-electron chi connectivity index (χ1n) is 7.79. The fourth-order valence-corrected chi connectivity index (χ4v) is 3.81. The highest BCUT2D eigenvalue weighted by molar-refractivity contribution is 7.22. The molecule has 0 aliphatic carbocycles. The van der Waals surface area contributed by atoms with Gasteiger partial charge in [0.25, 0.3) is 5.13 Å². The number of quaternary nitrogens is 1. The first-order chi connectivity index (χ1) is 10.9. The Kier molecular flexibility index (Phi) is 3.92. The minimum absolute atomic E-state index is 0.428. The molecule has 7 heteroatoms. The second-order valence-corrected chi connectivity index (χ2v) is 6.81. The van der Waals surface area contributed by atoms with Crippen molar-refractivity contribution in [3.05, 3.63) is 24.3 Å². The van der Waals surface area contributed by atoms with Gasteiger partial charge in [-0.1, -0.05) is 23.5 Å². The molecule has 1 aromatic carbocycles. The van der Waals surface area contributed by atoms with Gasteiger partial charge in [0.15, 0.2) is 13.3 Å². The molecular weight excluding hydrogens is 298 g/mol. The fourth-order valence-electron chi connectivity index (χ4n) is 2.94. The van der Waals surface area contributed by atoms with Gasteiger partial charge in [-0.15, -0.1) is 0 Å². The summed E-state index contributed by atoms with van der Waals surface area (Å²) in [5, 5.41) is 7.66. The van der Waals surface area contributed by atoms with Crippen molar-refractivity contribution in [3.63, 3.8) is 0 Å². The second-order valence-electron chi connectivity index (χ2n) is 5.78. The summed E-state index contributed by atoms with van der Waals surface area (Å²) >= 11 is 1.67. The van der Waals surface area contributed by atoms with Crippen molar-refractivity contribution in [2.45, 2.75) is 18.9 Å². The van der Waals surface area contributed by atoms with Crippen LogP contribution in [0.1, 0.15) is 12.8 Å². The zero-order chi connectivity index (χ0) is 14.8. The van der Waals surface area contributed by atoms with Crippen LogP contribution < -0.4 is 20.5 Å². The van der Waals surface area contributed by atoms with E-state index in [-0.39, 0.29) is 0 Å². The molecule has 0 radical (unpaired) electrons. The van der Waals surface area contributed by atoms with Gasteiger partial charge < -0.3 is 4.74 Å². The summed E-state index contributed by atoms with van der Waals surface area (Å²) in [6.07, 6.45) is 2.83. The van der Waals surface area contributed by atoms with Gasteiger partial charge in [-0.3, -0.25) is 4.90 Å². The number of fused-ring (bicyclic) bond motifs is 1. The number of hydrogen-bond donors (Lipinski definition) is 4. The summed E-state index contributed by atoms with van der Waals surface area (Å²) in [5.41, 5.74) is 1.04. The van der Waals surface area contributed by atoms with E-state index in [9.17, 15) is 0 Å². The molecule has 6 nitrogen and oxygen atoms in total. The highest BCUT2D eigenvalue weighted by Crippen LogP contribution is 2.24. The quantitative estimate of drug-likeness (QED) is 0.570. The number of nitrogens with one attached hydrogen (secondary N) is 4. The Morgan fingerprint density at radius 3 is 3.18 bits per heavy atom. The normalized spacial score (nSPS) is 25.0. The SMILES string of the molecule is c1ccc2sc(NC3=[NH+]C[NH+](C[C@H]4CCCO4)CN3)nc2c1. The first kappa shape index (κ1) is 13.9. The molecule has 116 valence electrons. The van der Waals surface area contributed by atoms with E-state index in [1.807, 2.05) is 18.2 Å². The minimum Gasteiger partial charge on any atom is -0.372 e. The Balaban J connectivity index is 1.36. The van der Waals surface area contributed by atoms with Gasteiger partial charge in [-0.2, -0.15) is 0 Å². The highest BCUT2D eigenvalue weighted by Gasteiger charge is 2.26. The van der Waals surface area contributed by atoms with Crippen LogP contribution in [-0.2, 0) is 4.74 Å². The molecule has 3 heterocycles. The maximum atomic E-state index is 5.70. The number of thiazole rings is 1. The number of anilines is 1. The lowest BCUT2D eigenvalue weighted by atomic mass is 10.2. The summed E-state index contributed by atoms with van der Waals surface area (Å²) in [5.74, 6) is 0.940. The van der Waals surface area contributed by atoms with Gasteiger partial charge in [0.1, 0.15) is 12.6 Å². The molecule has 1 fully saturated rings. The van der Waals surface area contributed by atoms with Crippen molar-refractivity contribution < 1.29 is 14.6 Å². The summed E-state index contributed by atoms with van der Waals surface area (Å²) < 4.78 is 6.91. The van der Waals surface area contributed by atoms with E-state index in [0.717, 1.165) is 43.1 Å². The lowest BCUT2D eigenvalue weighted by Crippen LogP contribution is -3.24. The average Bonchev–Trinajstić information content (AvgIpc) is 3.18. The molecular formula is C15H21N5OS+2. The topological polar surface area (TPSA) is 64.6 Å². The van der Waals surface area contributed by atoms with E-state index in [2.05, 4.69) is 26.7 Å². The lowest BCUT2D eigenvalue weighted by Gasteiger charge is -2.22. The van der Waals surface area contributed by atoms with Crippen molar-refractivity contribution in [2.75, 3.05) is 31.8 Å². The summed E-state index contributed by atoms with van der Waals surface area (Å²) in [4.78, 5) is 9.47. The van der Waals surface area contributed by atoms with Crippen molar-refractivity contribution in [2.24, 2.45) is 0 Å². The van der Waals surface area contributed by atoms with Crippen molar-refractivity contribution in [1.82, 2.24) is 10.3 Å². The third-order valence-electron chi connectivity index (χ3n) is 4.10. The summed E-state index contributed by atoms with van der Waals surface area (Å²) in [7, 11) is 0. The predicted molar refractivity (Wildman–Crippen MR) is 86.9 cm³/mol. The molecule has 2 aliphatic heterocycles. The molecule has 4 N–H and O–H groups in total. The van der Waals surface area contributed by atoms with Crippen LogP contribution in [0, 0.1) is 0 Å². The monoisotopic (exact) mass is 319 g/mol. The minimum atomic E-state index is 0.428. The number of benzene rings is 1. The molecule has 0 saturated carbocycles. The van der Waals surface area contributed by atoms with Crippen LogP contribution in [0.5, 0.6) is 0 Å². The lowest BCUT2D eigenvalue weighted by molar-refractivity contribution is -0.982. The Morgan fingerprint density at radius 1 is 1.45 bits per heavy atom. The number of aromatic nitrogens is 1. The molecule has 0 spiro atoms. The summed E-state index contributed by atoms with van der Waals surface area (Å²) in [6.45, 7) is 3.80. The fraction of sp³-hybridized carbons (Fsp3) is 0.467. The van der Waals surface area contributed by atoms with E-state index in [0.29, 0.717) is 6.10 Å². The number of guanidine groups is 1. The number of ether oxygens (including phenoxy) is 1. The summed E-state index contributed by atoms with van der Waals surface area (Å²) in [6, 6.07) is 8.19. The van der Waals surface area contributed by atoms with E-state index < -0.39 is 0 Å². The molecule has 1 unspecified atom stereocenters. The highest BCUT2D eigenvalue weighted by atomic mass is 32.1. The Bertz CT molecular complexity index is 646. The van der Waals surface area contributed by atoms with Crippen LogP contribution in [0.2, 0.25) is 0 Å². The first-order valence-corrected chi connectivity index (χ1v) is 8.61. The Morgan fingerprint density at radius 2 is 2.41 bits per heavy atom. The predicted octanol–water partition coefficient (Wildman–Crippen LogP) is -1.27. The van der Waals surface area contributed by atoms with Gasteiger partial charge in [0.05, 0.1) is 10.2 Å². The van der Waals surface area contributed by atoms with Crippen LogP contribution in [0.25, 0.3) is 10.2 Å². The number of hydrogen-bond acceptors (Lipinski definition) is 5. The molecule has 22 heavy (non-hydrogen) atoms. The Labute approximate surface area is 133 Å². The van der Waals surface area contributed by atoms with Gasteiger partial charge >= 0.3 is 5.96 Å². The van der Waals surface area contributed by atoms with Gasteiger partial charge in [-0.05, 0) is 25.0 Å². The largest absolute Gasteiger partial charge is 0.372 e. The van der Waals surface area contributed by atoms with E-state index in [4.69, 9.17) is 4.74 Å². The van der Waals surface area contributed by atoms with Crippen molar-refractivity contribution >= 4 is 32.6 Å². The molecule has 1 saturated heterocycles. The molecule has 0 amide bonds. The van der Waals surface area contributed by atoms with Crippen LogP contribution in [0.15, 0.2) is 24.3 Å². The maximum absolute atomic E-state index is 5.70. The number of nitrogens with zero attached hydrogens (tertiary/aromatic N) is 1. The standard InChI is InChI=1S/C15H19N5OS/c1-2-6-13-12(5-1)18-15(22-13)19-14-16-9-20(10-17-14)8-11-4-3-7-21-11/h1-2,5-6,11H,3-4,7-10H2,(H2,16,17,18,19)/p+2/t11-/m1/s1. The van der Waals surface area contributed by atoms with Crippen molar-refractivity contribution in [3.8, 4) is 0 Å². The molecule has 4 rings (SSSR count). The van der Waals surface area contributed by atoms with Crippen LogP contribution in [-0.4, -0.2) is 43.5 Å². The van der Waals surface area contributed by atoms with Crippen molar-refractivity contribution in [1.29, 1.82) is 0 Å². The van der Waals surface area contributed by atoms with E-state index in [1.54, 1.807) is 11.3 Å². The Hall–Kier alpha value is -1.70. The number of para-hydroxylation sites is 1. The second kappa shape index (κ2) is 6.20. The molecule has 1 aromatic heterocycles. The zero-order valence-electron chi connectivity index (χ0n) is 12.4. The average molecular weight is 319 g/mol. The van der Waals surface area contributed by atoms with Gasteiger partial charge in [-0.25, -0.2) is 20.6 Å². The third kappa shape index (κ3) is 3.06. The maximum Gasteiger partial charge on any atom is 0.359 e. The van der Waals surface area contributed by atoms with Crippen LogP contribution in [0.4, 0.5) is 5.13 Å². The van der Waals surface area contributed by atoms with Gasteiger partial charge in [0.2, 0.25) is 0 Å². The molecule has 2 aromatic rings. The van der Waals surface area contributed by atoms with E-state index in [1.165, 1.54) is 22.4 Å². The number of rotatable bonds is 3. The zero-order valence-corrected chi connectivity index (χ0v) is 13.2. The third-order valence-corrected chi connectivity index (χ3v) is 5.05. The van der Waals surface area contributed by atoms with Crippen LogP contribution in [0.3, 0.4) is 0 Å².